The Labute approximate surface area is 201 Å². The van der Waals surface area contributed by atoms with Gasteiger partial charge in [-0.05, 0) is 24.3 Å². The van der Waals surface area contributed by atoms with Gasteiger partial charge in [-0.1, -0.05) is 64.5 Å². The van der Waals surface area contributed by atoms with Crippen LogP contribution in [0.25, 0.3) is 0 Å². The summed E-state index contributed by atoms with van der Waals surface area (Å²) in [4.78, 5) is 31.7. The molecule has 1 atom stereocenters. The van der Waals surface area contributed by atoms with Crippen LogP contribution in [0.5, 0.6) is 0 Å². The largest absolute Gasteiger partial charge is 0.418 e. The van der Waals surface area contributed by atoms with Gasteiger partial charge in [0.15, 0.2) is 0 Å². The molecule has 0 radical (unpaired) electrons. The van der Waals surface area contributed by atoms with Crippen molar-refractivity contribution >= 4 is 45.0 Å². The summed E-state index contributed by atoms with van der Waals surface area (Å²) in [5, 5.41) is 4.60. The van der Waals surface area contributed by atoms with Crippen LogP contribution >= 0.6 is 15.9 Å². The Morgan fingerprint density at radius 3 is 2.41 bits per heavy atom. The van der Waals surface area contributed by atoms with Gasteiger partial charge in [-0.25, -0.2) is 9.79 Å². The van der Waals surface area contributed by atoms with Gasteiger partial charge in [0.1, 0.15) is 0 Å². The number of likely N-dealkylation sites (N-methyl/N-ethyl adjacent to an activating group) is 1. The standard InChI is InChI=1S/C24H18BrF3N4O2/c1-32-19-10-6-5-9-16(19)20(14-7-3-2-4-8-14)30-21(22(32)33)31-23(34)29-18-12-11-15(25)13-17(18)24(26,27)28/h2-13,21H,1H3,(H2,29,31,34). The molecule has 1 aliphatic rings. The number of halogens is 4. The number of rotatable bonds is 3. The first kappa shape index (κ1) is 23.5. The van der Waals surface area contributed by atoms with Crippen molar-refractivity contribution in [2.45, 2.75) is 12.3 Å². The monoisotopic (exact) mass is 530 g/mol. The molecule has 0 saturated heterocycles. The number of nitrogens with one attached hydrogen (secondary N) is 2. The van der Waals surface area contributed by atoms with E-state index in [0.29, 0.717) is 17.0 Å². The van der Waals surface area contributed by atoms with Crippen LogP contribution in [-0.2, 0) is 11.0 Å². The smallest absolute Gasteiger partial charge is 0.311 e. The highest BCUT2D eigenvalue weighted by molar-refractivity contribution is 9.10. The fourth-order valence-corrected chi connectivity index (χ4v) is 3.95. The summed E-state index contributed by atoms with van der Waals surface area (Å²) < 4.78 is 40.5. The molecule has 2 N–H and O–H groups in total. The maximum Gasteiger partial charge on any atom is 0.418 e. The van der Waals surface area contributed by atoms with Crippen LogP contribution in [0.1, 0.15) is 16.7 Å². The van der Waals surface area contributed by atoms with E-state index in [1.165, 1.54) is 11.0 Å². The minimum Gasteiger partial charge on any atom is -0.311 e. The third-order valence-electron chi connectivity index (χ3n) is 5.19. The minimum absolute atomic E-state index is 0.209. The number of nitrogens with zero attached hydrogens (tertiary/aromatic N) is 2. The predicted molar refractivity (Wildman–Crippen MR) is 127 cm³/mol. The second-order valence-corrected chi connectivity index (χ2v) is 8.36. The third kappa shape index (κ3) is 4.81. The Morgan fingerprint density at radius 2 is 1.71 bits per heavy atom. The number of aliphatic imine (C=N–C) groups is 1. The van der Waals surface area contributed by atoms with Crippen LogP contribution in [0.3, 0.4) is 0 Å². The highest BCUT2D eigenvalue weighted by Crippen LogP contribution is 2.36. The van der Waals surface area contributed by atoms with Crippen molar-refractivity contribution in [3.63, 3.8) is 0 Å². The molecule has 0 saturated carbocycles. The number of fused-ring (bicyclic) bond motifs is 1. The molecule has 3 amide bonds. The van der Waals surface area contributed by atoms with Crippen molar-refractivity contribution in [1.82, 2.24) is 5.32 Å². The maximum atomic E-state index is 13.4. The van der Waals surface area contributed by atoms with E-state index >= 15 is 0 Å². The molecule has 0 fully saturated rings. The number of para-hydroxylation sites is 1. The van der Waals surface area contributed by atoms with Crippen molar-refractivity contribution in [2.75, 3.05) is 17.3 Å². The van der Waals surface area contributed by atoms with E-state index in [1.807, 2.05) is 42.5 Å². The summed E-state index contributed by atoms with van der Waals surface area (Å²) in [5.41, 5.74) is 0.991. The van der Waals surface area contributed by atoms with Gasteiger partial charge in [-0.15, -0.1) is 0 Å². The molecular weight excluding hydrogens is 513 g/mol. The molecule has 3 aromatic rings. The van der Waals surface area contributed by atoms with E-state index < -0.39 is 35.5 Å². The van der Waals surface area contributed by atoms with Gasteiger partial charge in [0, 0.05) is 22.6 Å². The van der Waals surface area contributed by atoms with Crippen molar-refractivity contribution < 1.29 is 22.8 Å². The molecule has 4 rings (SSSR count). The van der Waals surface area contributed by atoms with Gasteiger partial charge in [-0.3, -0.25) is 4.79 Å². The number of benzene rings is 3. The first-order chi connectivity index (χ1) is 16.1. The minimum atomic E-state index is -4.69. The number of carbonyl (C=O) groups is 2. The number of benzodiazepines with no additional fused rings is 1. The molecule has 0 spiro atoms. The van der Waals surface area contributed by atoms with Gasteiger partial charge in [0.2, 0.25) is 6.17 Å². The number of carbonyl (C=O) groups excluding carboxylic acids is 2. The summed E-state index contributed by atoms with van der Waals surface area (Å²) >= 11 is 3.00. The molecule has 34 heavy (non-hydrogen) atoms. The average molecular weight is 531 g/mol. The number of hydrogen-bond donors (Lipinski definition) is 2. The summed E-state index contributed by atoms with van der Waals surface area (Å²) in [6.07, 6.45) is -6.05. The fourth-order valence-electron chi connectivity index (χ4n) is 3.59. The lowest BCUT2D eigenvalue weighted by Gasteiger charge is -2.21. The highest BCUT2D eigenvalue weighted by Gasteiger charge is 2.35. The summed E-state index contributed by atoms with van der Waals surface area (Å²) in [6, 6.07) is 18.6. The van der Waals surface area contributed by atoms with Gasteiger partial charge >= 0.3 is 12.2 Å². The zero-order valence-corrected chi connectivity index (χ0v) is 19.3. The van der Waals surface area contributed by atoms with E-state index in [0.717, 1.165) is 17.7 Å². The van der Waals surface area contributed by atoms with Crippen molar-refractivity contribution in [3.05, 3.63) is 94.0 Å². The van der Waals surface area contributed by atoms with Gasteiger partial charge in [-0.2, -0.15) is 13.2 Å². The van der Waals surface area contributed by atoms with Gasteiger partial charge in [0.05, 0.1) is 22.6 Å². The van der Waals surface area contributed by atoms with Crippen molar-refractivity contribution in [2.24, 2.45) is 4.99 Å². The second-order valence-electron chi connectivity index (χ2n) is 7.45. The van der Waals surface area contributed by atoms with E-state index in [2.05, 4.69) is 31.6 Å². The summed E-state index contributed by atoms with van der Waals surface area (Å²) in [5.74, 6) is -0.541. The van der Waals surface area contributed by atoms with Crippen LogP contribution in [-0.4, -0.2) is 30.9 Å². The molecule has 6 nitrogen and oxygen atoms in total. The zero-order valence-electron chi connectivity index (χ0n) is 17.7. The lowest BCUT2D eigenvalue weighted by Crippen LogP contribution is -2.47. The van der Waals surface area contributed by atoms with Gasteiger partial charge < -0.3 is 15.5 Å². The first-order valence-electron chi connectivity index (χ1n) is 10.1. The lowest BCUT2D eigenvalue weighted by atomic mass is 10.0. The molecule has 1 heterocycles. The second kappa shape index (κ2) is 9.30. The molecular formula is C24H18BrF3N4O2. The highest BCUT2D eigenvalue weighted by atomic mass is 79.9. The Kier molecular flexibility index (Phi) is 6.43. The SMILES string of the molecule is CN1C(=O)C(NC(=O)Nc2ccc(Br)cc2C(F)(F)F)N=C(c2ccccc2)c2ccccc21. The van der Waals surface area contributed by atoms with Crippen LogP contribution in [0.15, 0.2) is 82.3 Å². The third-order valence-corrected chi connectivity index (χ3v) is 5.69. The first-order valence-corrected chi connectivity index (χ1v) is 10.9. The molecule has 0 bridgehead atoms. The number of hydrogen-bond acceptors (Lipinski definition) is 3. The number of anilines is 2. The van der Waals surface area contributed by atoms with Crippen LogP contribution < -0.4 is 15.5 Å². The molecule has 10 heteroatoms. The van der Waals surface area contributed by atoms with Crippen molar-refractivity contribution in [1.29, 1.82) is 0 Å². The number of alkyl halides is 3. The van der Waals surface area contributed by atoms with Crippen LogP contribution in [0, 0.1) is 0 Å². The normalized spacial score (nSPS) is 15.8. The maximum absolute atomic E-state index is 13.4. The lowest BCUT2D eigenvalue weighted by molar-refractivity contribution is -0.137. The van der Waals surface area contributed by atoms with E-state index in [9.17, 15) is 22.8 Å². The Balaban J connectivity index is 1.68. The molecule has 1 aliphatic heterocycles. The van der Waals surface area contributed by atoms with E-state index in [-0.39, 0.29) is 4.47 Å². The van der Waals surface area contributed by atoms with E-state index in [4.69, 9.17) is 0 Å². The molecule has 0 aliphatic carbocycles. The summed E-state index contributed by atoms with van der Waals surface area (Å²) in [6.45, 7) is 0. The summed E-state index contributed by atoms with van der Waals surface area (Å²) in [7, 11) is 1.55. The fraction of sp³-hybridized carbons (Fsp3) is 0.125. The quantitative estimate of drug-likeness (QED) is 0.473. The van der Waals surface area contributed by atoms with Crippen LogP contribution in [0.2, 0.25) is 0 Å². The topological polar surface area (TPSA) is 73.8 Å². The molecule has 3 aromatic carbocycles. The predicted octanol–water partition coefficient (Wildman–Crippen LogP) is 5.43. The molecule has 0 aromatic heterocycles. The Morgan fingerprint density at radius 1 is 1.03 bits per heavy atom. The molecule has 1 unspecified atom stereocenters. The van der Waals surface area contributed by atoms with Crippen molar-refractivity contribution in [3.8, 4) is 0 Å². The average Bonchev–Trinajstić information content (AvgIpc) is 2.91. The zero-order chi connectivity index (χ0) is 24.5. The Bertz CT molecular complexity index is 1280. The number of urea groups is 1. The van der Waals surface area contributed by atoms with Crippen LogP contribution in [0.4, 0.5) is 29.3 Å². The Hall–Kier alpha value is -3.66. The molecule has 174 valence electrons. The number of amides is 3. The van der Waals surface area contributed by atoms with Gasteiger partial charge in [0.25, 0.3) is 5.91 Å². The van der Waals surface area contributed by atoms with E-state index in [1.54, 1.807) is 19.2 Å².